The van der Waals surface area contributed by atoms with Crippen molar-refractivity contribution in [3.05, 3.63) is 47.2 Å². The van der Waals surface area contributed by atoms with E-state index in [9.17, 15) is 9.90 Å². The van der Waals surface area contributed by atoms with E-state index in [1.807, 2.05) is 6.07 Å². The van der Waals surface area contributed by atoms with E-state index in [4.69, 9.17) is 0 Å². The molecule has 1 aromatic rings. The average Bonchev–Trinajstić information content (AvgIpc) is 2.59. The fraction of sp³-hybridized carbons (Fsp3) is 0.444. The zero-order valence-electron chi connectivity index (χ0n) is 14.3. The maximum Gasteiger partial charge on any atom is 0.254 e. The Morgan fingerprint density at radius 1 is 1.42 bits per heavy atom. The number of hydrogen-bond donors (Lipinski definition) is 3. The predicted molar refractivity (Wildman–Crippen MR) is 96.0 cm³/mol. The number of carbonyl (C=O) groups is 1. The first-order chi connectivity index (χ1) is 11.6. The maximum atomic E-state index is 12.0. The van der Waals surface area contributed by atoms with Gasteiger partial charge in [-0.2, -0.15) is 0 Å². The molecule has 0 fully saturated rings. The highest BCUT2D eigenvalue weighted by Crippen LogP contribution is 2.18. The van der Waals surface area contributed by atoms with Crippen molar-refractivity contribution in [2.24, 2.45) is 4.99 Å². The number of fused-ring (bicyclic) bond motifs is 1. The van der Waals surface area contributed by atoms with E-state index in [0.29, 0.717) is 12.1 Å². The van der Waals surface area contributed by atoms with Gasteiger partial charge in [-0.3, -0.25) is 14.7 Å². The normalized spacial score (nSPS) is 16.7. The molecular formula is C18H26N4O2. The molecule has 1 amide bonds. The summed E-state index contributed by atoms with van der Waals surface area (Å²) in [6, 6.07) is 8.40. The second-order valence-corrected chi connectivity index (χ2v) is 5.89. The van der Waals surface area contributed by atoms with Crippen molar-refractivity contribution in [2.75, 3.05) is 33.7 Å². The van der Waals surface area contributed by atoms with Crippen LogP contribution >= 0.6 is 0 Å². The van der Waals surface area contributed by atoms with E-state index >= 15 is 0 Å². The summed E-state index contributed by atoms with van der Waals surface area (Å²) in [5, 5.41) is 15.8. The molecule has 24 heavy (non-hydrogen) atoms. The van der Waals surface area contributed by atoms with Crippen molar-refractivity contribution >= 4 is 12.1 Å². The number of aliphatic hydroxyl groups is 1. The molecule has 2 rings (SSSR count). The van der Waals surface area contributed by atoms with Crippen molar-refractivity contribution < 1.29 is 9.90 Å². The number of hydrogen-bond acceptors (Lipinski definition) is 5. The molecule has 6 heteroatoms. The summed E-state index contributed by atoms with van der Waals surface area (Å²) >= 11 is 0. The lowest BCUT2D eigenvalue weighted by Crippen LogP contribution is -2.42. The number of amides is 1. The molecule has 1 aliphatic heterocycles. The zero-order valence-corrected chi connectivity index (χ0v) is 14.3. The van der Waals surface area contributed by atoms with Gasteiger partial charge in [0.15, 0.2) is 0 Å². The van der Waals surface area contributed by atoms with Gasteiger partial charge in [-0.05, 0) is 17.5 Å². The molecule has 3 N–H and O–H groups in total. The molecule has 0 radical (unpaired) electrons. The maximum absolute atomic E-state index is 12.0. The minimum atomic E-state index is -0.603. The van der Waals surface area contributed by atoms with Crippen LogP contribution in [0.2, 0.25) is 0 Å². The van der Waals surface area contributed by atoms with E-state index in [1.54, 1.807) is 20.3 Å². The summed E-state index contributed by atoms with van der Waals surface area (Å²) in [5.74, 6) is -0.252. The number of β-amino-alcohol motifs (C(OH)–C–C–N with tert-alkyl or cyclic N) is 1. The second-order valence-electron chi connectivity index (χ2n) is 5.89. The molecule has 0 spiro atoms. The van der Waals surface area contributed by atoms with Gasteiger partial charge >= 0.3 is 0 Å². The van der Waals surface area contributed by atoms with Crippen LogP contribution in [0.15, 0.2) is 41.0 Å². The third-order valence-corrected chi connectivity index (χ3v) is 4.01. The molecule has 1 aromatic carbocycles. The van der Waals surface area contributed by atoms with Crippen LogP contribution in [0.25, 0.3) is 0 Å². The summed E-state index contributed by atoms with van der Waals surface area (Å²) in [6.45, 7) is 2.53. The quantitative estimate of drug-likeness (QED) is 0.497. The van der Waals surface area contributed by atoms with Gasteiger partial charge in [-0.1, -0.05) is 24.3 Å². The highest BCUT2D eigenvalue weighted by molar-refractivity contribution is 6.12. The van der Waals surface area contributed by atoms with E-state index in [2.05, 4.69) is 38.7 Å². The van der Waals surface area contributed by atoms with Crippen molar-refractivity contribution in [2.45, 2.75) is 19.1 Å². The van der Waals surface area contributed by atoms with Gasteiger partial charge < -0.3 is 15.7 Å². The van der Waals surface area contributed by atoms with E-state index in [1.165, 1.54) is 17.3 Å². The predicted octanol–water partition coefficient (Wildman–Crippen LogP) is 0.326. The molecular weight excluding hydrogens is 304 g/mol. The van der Waals surface area contributed by atoms with Gasteiger partial charge in [0.2, 0.25) is 0 Å². The van der Waals surface area contributed by atoms with Crippen LogP contribution in [0, 0.1) is 0 Å². The number of benzene rings is 1. The minimum absolute atomic E-state index is 0.218. The fourth-order valence-corrected chi connectivity index (χ4v) is 2.84. The minimum Gasteiger partial charge on any atom is -0.393 e. The number of aliphatic hydroxyl groups excluding tert-OH is 1. The molecule has 1 atom stereocenters. The lowest BCUT2D eigenvalue weighted by molar-refractivity contribution is -0.117. The largest absolute Gasteiger partial charge is 0.393 e. The highest BCUT2D eigenvalue weighted by atomic mass is 16.3. The molecule has 0 aromatic heterocycles. The van der Waals surface area contributed by atoms with Crippen LogP contribution in [0.3, 0.4) is 0 Å². The number of nitrogens with one attached hydrogen (secondary N) is 2. The number of aliphatic imine (C=N–C) groups is 1. The fourth-order valence-electron chi connectivity index (χ4n) is 2.84. The van der Waals surface area contributed by atoms with Crippen LogP contribution < -0.4 is 10.6 Å². The van der Waals surface area contributed by atoms with Gasteiger partial charge in [0.1, 0.15) is 0 Å². The first kappa shape index (κ1) is 18.2. The molecule has 1 heterocycles. The Balaban J connectivity index is 1.80. The topological polar surface area (TPSA) is 77.0 Å². The van der Waals surface area contributed by atoms with E-state index in [-0.39, 0.29) is 12.5 Å². The molecule has 6 nitrogen and oxygen atoms in total. The second kappa shape index (κ2) is 9.20. The van der Waals surface area contributed by atoms with Crippen molar-refractivity contribution in [3.63, 3.8) is 0 Å². The number of rotatable bonds is 7. The molecule has 0 unspecified atom stereocenters. The van der Waals surface area contributed by atoms with Gasteiger partial charge in [-0.15, -0.1) is 0 Å². The summed E-state index contributed by atoms with van der Waals surface area (Å²) in [4.78, 5) is 18.1. The molecule has 0 saturated carbocycles. The van der Waals surface area contributed by atoms with Crippen molar-refractivity contribution in [1.82, 2.24) is 15.5 Å². The third kappa shape index (κ3) is 5.18. The van der Waals surface area contributed by atoms with Gasteiger partial charge in [0.05, 0.1) is 11.7 Å². The average molecular weight is 330 g/mol. The standard InChI is InChI=1S/C18H26N4O2/c1-19-9-16(10-20-2)18(24)21-11-17(23)13-22-8-7-14-5-3-4-6-15(14)12-22/h3-6,9-10,17,19,23H,7-8,11-13H2,1-2H3,(H,21,24)/b16-9+,20-10?/t17-/m0/s1. The molecule has 1 aliphatic rings. The van der Waals surface area contributed by atoms with Gasteiger partial charge in [-0.25, -0.2) is 0 Å². The molecule has 0 saturated heterocycles. The van der Waals surface area contributed by atoms with Crippen LogP contribution in [0.4, 0.5) is 0 Å². The number of nitrogens with zero attached hydrogens (tertiary/aromatic N) is 2. The van der Waals surface area contributed by atoms with E-state index in [0.717, 1.165) is 19.5 Å². The Hall–Kier alpha value is -2.18. The Labute approximate surface area is 143 Å². The lowest BCUT2D eigenvalue weighted by atomic mass is 10.00. The SMILES string of the molecule is CN=C/C(=C\NC)C(=O)NC[C@H](O)CN1CCc2ccccc2C1. The Morgan fingerprint density at radius 2 is 2.17 bits per heavy atom. The summed E-state index contributed by atoms with van der Waals surface area (Å²) < 4.78 is 0. The Bertz CT molecular complexity index is 613. The zero-order chi connectivity index (χ0) is 17.4. The van der Waals surface area contributed by atoms with Crippen molar-refractivity contribution in [3.8, 4) is 0 Å². The first-order valence-corrected chi connectivity index (χ1v) is 8.19. The monoisotopic (exact) mass is 330 g/mol. The lowest BCUT2D eigenvalue weighted by Gasteiger charge is -2.30. The Morgan fingerprint density at radius 3 is 2.88 bits per heavy atom. The molecule has 0 bridgehead atoms. The summed E-state index contributed by atoms with van der Waals surface area (Å²) in [7, 11) is 3.33. The van der Waals surface area contributed by atoms with Gasteiger partial charge in [0.25, 0.3) is 5.91 Å². The Kier molecular flexibility index (Phi) is 6.96. The molecule has 130 valence electrons. The summed E-state index contributed by atoms with van der Waals surface area (Å²) in [5.41, 5.74) is 3.13. The smallest absolute Gasteiger partial charge is 0.254 e. The highest BCUT2D eigenvalue weighted by Gasteiger charge is 2.19. The van der Waals surface area contributed by atoms with Gasteiger partial charge in [0, 0.05) is 52.7 Å². The third-order valence-electron chi connectivity index (χ3n) is 4.01. The van der Waals surface area contributed by atoms with E-state index < -0.39 is 6.10 Å². The first-order valence-electron chi connectivity index (χ1n) is 8.19. The van der Waals surface area contributed by atoms with Crippen molar-refractivity contribution in [1.29, 1.82) is 0 Å². The number of carbonyl (C=O) groups excluding carboxylic acids is 1. The van der Waals surface area contributed by atoms with Crippen LogP contribution in [0.1, 0.15) is 11.1 Å². The van der Waals surface area contributed by atoms with Crippen LogP contribution in [-0.4, -0.2) is 62.0 Å². The summed E-state index contributed by atoms with van der Waals surface area (Å²) in [6.07, 6.45) is 3.46. The van der Waals surface area contributed by atoms with Crippen LogP contribution in [-0.2, 0) is 17.8 Å². The van der Waals surface area contributed by atoms with Crippen LogP contribution in [0.5, 0.6) is 0 Å². The molecule has 0 aliphatic carbocycles.